The molecule has 1 aromatic rings. The highest BCUT2D eigenvalue weighted by Gasteiger charge is 2.09. The zero-order chi connectivity index (χ0) is 8.27. The Morgan fingerprint density at radius 1 is 1.73 bits per heavy atom. The van der Waals surface area contributed by atoms with Gasteiger partial charge >= 0.3 is 0 Å². The fourth-order valence-corrected chi connectivity index (χ4v) is 0.622. The Morgan fingerprint density at radius 2 is 2.45 bits per heavy atom. The molecule has 0 spiro atoms. The topological polar surface area (TPSA) is 99.8 Å². The molecule has 1 amide bonds. The molecule has 1 heterocycles. The Balaban J connectivity index is 2.50. The first-order valence-electron chi connectivity index (χ1n) is 3.09. The summed E-state index contributed by atoms with van der Waals surface area (Å²) >= 11 is 0. The van der Waals surface area contributed by atoms with Crippen molar-refractivity contribution in [1.82, 2.24) is 15.0 Å². The number of nitrogens with two attached hydrogens (primary N) is 2. The van der Waals surface area contributed by atoms with E-state index in [1.807, 2.05) is 0 Å². The summed E-state index contributed by atoms with van der Waals surface area (Å²) < 4.78 is 1.45. The first-order chi connectivity index (χ1) is 5.20. The predicted octanol–water partition coefficient (Wildman–Crippen LogP) is -1.91. The van der Waals surface area contributed by atoms with E-state index in [1.165, 1.54) is 10.9 Å². The standard InChI is InChI=1S/C5H9N5O/c6-4(5(7)11)3-10-2-1-8-9-10/h1-2,4H,3,6H2,(H2,7,11)/t4-/m0/s1. The Kier molecular flexibility index (Phi) is 2.17. The highest BCUT2D eigenvalue weighted by Crippen LogP contribution is 1.84. The van der Waals surface area contributed by atoms with Gasteiger partial charge in [0, 0.05) is 6.20 Å². The van der Waals surface area contributed by atoms with Crippen molar-refractivity contribution in [3.63, 3.8) is 0 Å². The predicted molar refractivity (Wildman–Crippen MR) is 37.2 cm³/mol. The first kappa shape index (κ1) is 7.67. The van der Waals surface area contributed by atoms with Crippen molar-refractivity contribution in [1.29, 1.82) is 0 Å². The SMILES string of the molecule is NC(=O)[C@@H](N)Cn1ccnn1. The van der Waals surface area contributed by atoms with Crippen LogP contribution in [-0.2, 0) is 11.3 Å². The van der Waals surface area contributed by atoms with Crippen LogP contribution in [0.3, 0.4) is 0 Å². The minimum absolute atomic E-state index is 0.273. The fraction of sp³-hybridized carbons (Fsp3) is 0.400. The Labute approximate surface area is 63.2 Å². The molecule has 0 aliphatic heterocycles. The van der Waals surface area contributed by atoms with Gasteiger partial charge in [0.05, 0.1) is 12.7 Å². The first-order valence-corrected chi connectivity index (χ1v) is 3.09. The van der Waals surface area contributed by atoms with Crippen LogP contribution in [0.15, 0.2) is 12.4 Å². The largest absolute Gasteiger partial charge is 0.368 e. The second-order valence-electron chi connectivity index (χ2n) is 2.13. The highest BCUT2D eigenvalue weighted by atomic mass is 16.1. The van der Waals surface area contributed by atoms with Gasteiger partial charge in [-0.15, -0.1) is 5.10 Å². The van der Waals surface area contributed by atoms with E-state index in [0.717, 1.165) is 0 Å². The van der Waals surface area contributed by atoms with E-state index < -0.39 is 11.9 Å². The molecule has 60 valence electrons. The Hall–Kier alpha value is -1.43. The monoisotopic (exact) mass is 155 g/mol. The smallest absolute Gasteiger partial charge is 0.236 e. The molecule has 0 aromatic carbocycles. The van der Waals surface area contributed by atoms with Gasteiger partial charge in [0.25, 0.3) is 0 Å². The molecule has 1 atom stereocenters. The molecular formula is C5H9N5O. The van der Waals surface area contributed by atoms with Gasteiger partial charge in [-0.2, -0.15) is 0 Å². The third-order valence-corrected chi connectivity index (χ3v) is 1.22. The zero-order valence-electron chi connectivity index (χ0n) is 5.84. The molecule has 0 aliphatic rings. The summed E-state index contributed by atoms with van der Waals surface area (Å²) in [6, 6.07) is -0.698. The summed E-state index contributed by atoms with van der Waals surface area (Å²) in [7, 11) is 0. The van der Waals surface area contributed by atoms with Crippen LogP contribution in [0.5, 0.6) is 0 Å². The molecule has 1 aromatic heterocycles. The molecule has 0 fully saturated rings. The average Bonchev–Trinajstić information content (AvgIpc) is 2.39. The second-order valence-corrected chi connectivity index (χ2v) is 2.13. The molecular weight excluding hydrogens is 146 g/mol. The quantitative estimate of drug-likeness (QED) is 0.532. The number of aromatic nitrogens is 3. The van der Waals surface area contributed by atoms with Crippen LogP contribution in [0, 0.1) is 0 Å². The van der Waals surface area contributed by atoms with Gasteiger partial charge in [0.1, 0.15) is 6.04 Å². The average molecular weight is 155 g/mol. The molecule has 0 unspecified atom stereocenters. The number of rotatable bonds is 3. The minimum atomic E-state index is -0.698. The van der Waals surface area contributed by atoms with Gasteiger partial charge in [0.15, 0.2) is 0 Å². The molecule has 0 bridgehead atoms. The number of nitrogens with zero attached hydrogens (tertiary/aromatic N) is 3. The third kappa shape index (κ3) is 2.01. The molecule has 0 aliphatic carbocycles. The number of hydrogen-bond donors (Lipinski definition) is 2. The van der Waals surface area contributed by atoms with Gasteiger partial charge in [-0.05, 0) is 0 Å². The summed E-state index contributed by atoms with van der Waals surface area (Å²) in [6.07, 6.45) is 3.12. The van der Waals surface area contributed by atoms with Crippen molar-refractivity contribution in [3.05, 3.63) is 12.4 Å². The lowest BCUT2D eigenvalue weighted by Gasteiger charge is -2.05. The van der Waals surface area contributed by atoms with Crippen LogP contribution in [0.25, 0.3) is 0 Å². The van der Waals surface area contributed by atoms with Crippen molar-refractivity contribution in [2.24, 2.45) is 11.5 Å². The maximum absolute atomic E-state index is 10.5. The number of carbonyl (C=O) groups is 1. The van der Waals surface area contributed by atoms with Crippen molar-refractivity contribution >= 4 is 5.91 Å². The molecule has 6 heteroatoms. The third-order valence-electron chi connectivity index (χ3n) is 1.22. The summed E-state index contributed by atoms with van der Waals surface area (Å²) in [6.45, 7) is 0.273. The Bertz CT molecular complexity index is 231. The number of amides is 1. The van der Waals surface area contributed by atoms with Crippen LogP contribution in [0.1, 0.15) is 0 Å². The van der Waals surface area contributed by atoms with Crippen LogP contribution >= 0.6 is 0 Å². The van der Waals surface area contributed by atoms with Crippen molar-refractivity contribution in [2.45, 2.75) is 12.6 Å². The summed E-state index contributed by atoms with van der Waals surface area (Å²) in [5.41, 5.74) is 10.3. The lowest BCUT2D eigenvalue weighted by molar-refractivity contribution is -0.119. The van der Waals surface area contributed by atoms with E-state index in [4.69, 9.17) is 11.5 Å². The molecule has 4 N–H and O–H groups in total. The van der Waals surface area contributed by atoms with Crippen LogP contribution < -0.4 is 11.5 Å². The van der Waals surface area contributed by atoms with E-state index in [1.54, 1.807) is 6.20 Å². The lowest BCUT2D eigenvalue weighted by Crippen LogP contribution is -2.39. The maximum Gasteiger partial charge on any atom is 0.236 e. The Morgan fingerprint density at radius 3 is 2.91 bits per heavy atom. The highest BCUT2D eigenvalue weighted by molar-refractivity contribution is 5.79. The van der Waals surface area contributed by atoms with Crippen LogP contribution in [0.4, 0.5) is 0 Å². The fourth-order valence-electron chi connectivity index (χ4n) is 0.622. The van der Waals surface area contributed by atoms with Gasteiger partial charge in [-0.1, -0.05) is 5.21 Å². The van der Waals surface area contributed by atoms with E-state index >= 15 is 0 Å². The van der Waals surface area contributed by atoms with Crippen molar-refractivity contribution < 1.29 is 4.79 Å². The van der Waals surface area contributed by atoms with Crippen molar-refractivity contribution in [2.75, 3.05) is 0 Å². The summed E-state index contributed by atoms with van der Waals surface area (Å²) in [4.78, 5) is 10.5. The number of hydrogen-bond acceptors (Lipinski definition) is 4. The summed E-state index contributed by atoms with van der Waals surface area (Å²) in [5.74, 6) is -0.541. The summed E-state index contributed by atoms with van der Waals surface area (Å²) in [5, 5.41) is 7.16. The molecule has 0 saturated carbocycles. The van der Waals surface area contributed by atoms with Gasteiger partial charge in [-0.25, -0.2) is 0 Å². The molecule has 0 saturated heterocycles. The minimum Gasteiger partial charge on any atom is -0.368 e. The lowest BCUT2D eigenvalue weighted by atomic mass is 10.3. The van der Waals surface area contributed by atoms with Crippen LogP contribution in [0.2, 0.25) is 0 Å². The van der Waals surface area contributed by atoms with Crippen LogP contribution in [-0.4, -0.2) is 26.9 Å². The normalized spacial score (nSPS) is 12.8. The molecule has 6 nitrogen and oxygen atoms in total. The van der Waals surface area contributed by atoms with Crippen molar-refractivity contribution in [3.8, 4) is 0 Å². The second kappa shape index (κ2) is 3.11. The molecule has 11 heavy (non-hydrogen) atoms. The van der Waals surface area contributed by atoms with Gasteiger partial charge in [-0.3, -0.25) is 9.48 Å². The maximum atomic E-state index is 10.5. The van der Waals surface area contributed by atoms with E-state index in [9.17, 15) is 4.79 Å². The number of carbonyl (C=O) groups excluding carboxylic acids is 1. The van der Waals surface area contributed by atoms with Gasteiger partial charge in [0.2, 0.25) is 5.91 Å². The van der Waals surface area contributed by atoms with E-state index in [0.29, 0.717) is 0 Å². The van der Waals surface area contributed by atoms with E-state index in [2.05, 4.69) is 10.3 Å². The zero-order valence-corrected chi connectivity index (χ0v) is 5.84. The van der Waals surface area contributed by atoms with E-state index in [-0.39, 0.29) is 6.54 Å². The molecule has 1 rings (SSSR count). The van der Waals surface area contributed by atoms with Gasteiger partial charge < -0.3 is 11.5 Å². The molecule has 0 radical (unpaired) electrons. The number of primary amides is 1.